The molecule has 0 aromatic rings. The van der Waals surface area contributed by atoms with Gasteiger partial charge in [-0.05, 0) is 53.8 Å². The van der Waals surface area contributed by atoms with E-state index in [1.165, 1.54) is 0 Å². The van der Waals surface area contributed by atoms with Crippen molar-refractivity contribution < 1.29 is 4.74 Å². The Morgan fingerprint density at radius 3 is 1.35 bits per heavy atom. The van der Waals surface area contributed by atoms with Crippen molar-refractivity contribution in [2.75, 3.05) is 0 Å². The molecule has 23 heavy (non-hydrogen) atoms. The van der Waals surface area contributed by atoms with E-state index in [0.717, 1.165) is 0 Å². The standard InChI is InChI=1S/C22H44O/c1-14(2)17-15(19(3,4)5)16(20(6,7)8)18(21(9,10)11)22(12,13)23-17/h14-18H,1-13H3. The second kappa shape index (κ2) is 6.04. The minimum absolute atomic E-state index is 0.0904. The van der Waals surface area contributed by atoms with Crippen LogP contribution in [0.3, 0.4) is 0 Å². The molecule has 0 N–H and O–H groups in total. The monoisotopic (exact) mass is 324 g/mol. The molecule has 1 heteroatoms. The number of hydrogen-bond acceptors (Lipinski definition) is 1. The number of rotatable bonds is 1. The molecule has 1 aliphatic rings. The predicted molar refractivity (Wildman–Crippen MR) is 103 cm³/mol. The molecule has 1 saturated heterocycles. The third-order valence-electron chi connectivity index (χ3n) is 5.88. The van der Waals surface area contributed by atoms with Gasteiger partial charge in [-0.1, -0.05) is 76.2 Å². The maximum Gasteiger partial charge on any atom is 0.0666 e. The van der Waals surface area contributed by atoms with Crippen molar-refractivity contribution in [2.45, 2.75) is 102 Å². The van der Waals surface area contributed by atoms with E-state index in [2.05, 4.69) is 90.0 Å². The van der Waals surface area contributed by atoms with E-state index in [0.29, 0.717) is 29.8 Å². The molecule has 0 aliphatic carbocycles. The Labute approximate surface area is 147 Å². The molecule has 1 heterocycles. The summed E-state index contributed by atoms with van der Waals surface area (Å²) < 4.78 is 6.84. The van der Waals surface area contributed by atoms with Crippen LogP contribution in [-0.4, -0.2) is 11.7 Å². The largest absolute Gasteiger partial charge is 0.371 e. The van der Waals surface area contributed by atoms with Gasteiger partial charge in [-0.2, -0.15) is 0 Å². The number of ether oxygens (including phenoxy) is 1. The van der Waals surface area contributed by atoms with E-state index in [1.807, 2.05) is 0 Å². The van der Waals surface area contributed by atoms with Crippen LogP contribution in [0.15, 0.2) is 0 Å². The summed E-state index contributed by atoms with van der Waals surface area (Å²) >= 11 is 0. The van der Waals surface area contributed by atoms with Gasteiger partial charge in [0.25, 0.3) is 0 Å². The first-order chi connectivity index (χ1) is 9.90. The Hall–Kier alpha value is -0.0400. The van der Waals surface area contributed by atoms with Gasteiger partial charge in [0, 0.05) is 0 Å². The van der Waals surface area contributed by atoms with Gasteiger partial charge >= 0.3 is 0 Å². The second-order valence-electron chi connectivity index (χ2n) is 12.1. The van der Waals surface area contributed by atoms with Crippen LogP contribution in [0.4, 0.5) is 0 Å². The first-order valence-electron chi connectivity index (χ1n) is 9.58. The summed E-state index contributed by atoms with van der Waals surface area (Å²) in [6, 6.07) is 0. The van der Waals surface area contributed by atoms with Crippen molar-refractivity contribution in [3.05, 3.63) is 0 Å². The lowest BCUT2D eigenvalue weighted by atomic mass is 9.49. The molecule has 0 amide bonds. The fourth-order valence-corrected chi connectivity index (χ4v) is 5.54. The van der Waals surface area contributed by atoms with Gasteiger partial charge in [0.2, 0.25) is 0 Å². The van der Waals surface area contributed by atoms with Crippen LogP contribution < -0.4 is 0 Å². The molecule has 0 spiro atoms. The summed E-state index contributed by atoms with van der Waals surface area (Å²) in [5, 5.41) is 0. The van der Waals surface area contributed by atoms with E-state index < -0.39 is 0 Å². The first kappa shape index (κ1) is 21.0. The van der Waals surface area contributed by atoms with Crippen LogP contribution in [0.5, 0.6) is 0 Å². The van der Waals surface area contributed by atoms with Gasteiger partial charge in [-0.3, -0.25) is 0 Å². The average Bonchev–Trinajstić information content (AvgIpc) is 2.20. The maximum atomic E-state index is 6.84. The lowest BCUT2D eigenvalue weighted by Gasteiger charge is -2.63. The summed E-state index contributed by atoms with van der Waals surface area (Å²) in [7, 11) is 0. The van der Waals surface area contributed by atoms with Crippen LogP contribution in [0.1, 0.15) is 90.0 Å². The van der Waals surface area contributed by atoms with E-state index in [1.54, 1.807) is 0 Å². The fraction of sp³-hybridized carbons (Fsp3) is 1.00. The second-order valence-corrected chi connectivity index (χ2v) is 12.1. The molecular formula is C22H44O. The minimum atomic E-state index is -0.0904. The molecular weight excluding hydrogens is 280 g/mol. The van der Waals surface area contributed by atoms with Crippen LogP contribution in [0.25, 0.3) is 0 Å². The summed E-state index contributed by atoms with van der Waals surface area (Å²) in [5.74, 6) is 2.29. The van der Waals surface area contributed by atoms with Crippen LogP contribution >= 0.6 is 0 Å². The van der Waals surface area contributed by atoms with Gasteiger partial charge in [0.05, 0.1) is 11.7 Å². The van der Waals surface area contributed by atoms with E-state index in [-0.39, 0.29) is 21.8 Å². The van der Waals surface area contributed by atoms with E-state index in [9.17, 15) is 0 Å². The number of hydrogen-bond donors (Lipinski definition) is 0. The minimum Gasteiger partial charge on any atom is -0.371 e. The third kappa shape index (κ3) is 4.33. The zero-order chi connectivity index (χ0) is 18.6. The molecule has 0 aromatic heterocycles. The molecule has 4 unspecified atom stereocenters. The normalized spacial score (nSPS) is 33.1. The van der Waals surface area contributed by atoms with Crippen molar-refractivity contribution in [3.8, 4) is 0 Å². The highest BCUT2D eigenvalue weighted by molar-refractivity contribution is 5.06. The van der Waals surface area contributed by atoms with E-state index >= 15 is 0 Å². The predicted octanol–water partition coefficient (Wildman–Crippen LogP) is 6.81. The Balaban J connectivity index is 3.61. The van der Waals surface area contributed by atoms with Crippen molar-refractivity contribution in [2.24, 2.45) is 39.9 Å². The summed E-state index contributed by atoms with van der Waals surface area (Å²) in [6.07, 6.45) is 0.327. The van der Waals surface area contributed by atoms with Crippen molar-refractivity contribution in [1.29, 1.82) is 0 Å². The van der Waals surface area contributed by atoms with Gasteiger partial charge in [0.15, 0.2) is 0 Å². The highest BCUT2D eigenvalue weighted by Gasteiger charge is 2.59. The topological polar surface area (TPSA) is 9.23 Å². The Morgan fingerprint density at radius 1 is 0.696 bits per heavy atom. The molecule has 0 radical (unpaired) electrons. The molecule has 1 fully saturated rings. The molecule has 0 aromatic carbocycles. The zero-order valence-corrected chi connectivity index (χ0v) is 18.3. The smallest absolute Gasteiger partial charge is 0.0666 e. The van der Waals surface area contributed by atoms with Crippen molar-refractivity contribution >= 4 is 0 Å². The van der Waals surface area contributed by atoms with Gasteiger partial charge in [-0.15, -0.1) is 0 Å². The van der Waals surface area contributed by atoms with Gasteiger partial charge in [-0.25, -0.2) is 0 Å². The average molecular weight is 325 g/mol. The molecule has 0 saturated carbocycles. The quantitative estimate of drug-likeness (QED) is 0.515. The maximum absolute atomic E-state index is 6.84. The molecule has 4 atom stereocenters. The molecule has 1 aliphatic heterocycles. The van der Waals surface area contributed by atoms with Crippen LogP contribution in [-0.2, 0) is 4.74 Å². The highest BCUT2D eigenvalue weighted by atomic mass is 16.5. The third-order valence-corrected chi connectivity index (χ3v) is 5.88. The Bertz CT molecular complexity index is 397. The molecule has 1 nitrogen and oxygen atoms in total. The Kier molecular flexibility index (Phi) is 5.52. The Morgan fingerprint density at radius 2 is 1.09 bits per heavy atom. The van der Waals surface area contributed by atoms with Crippen molar-refractivity contribution in [3.63, 3.8) is 0 Å². The highest BCUT2D eigenvalue weighted by Crippen LogP contribution is 2.60. The van der Waals surface area contributed by atoms with Gasteiger partial charge < -0.3 is 4.74 Å². The molecule has 1 rings (SSSR count). The summed E-state index contributed by atoms with van der Waals surface area (Å²) in [5.41, 5.74) is 0.650. The fourth-order valence-electron chi connectivity index (χ4n) is 5.54. The lowest BCUT2D eigenvalue weighted by Crippen LogP contribution is -2.63. The zero-order valence-electron chi connectivity index (χ0n) is 18.3. The molecule has 138 valence electrons. The van der Waals surface area contributed by atoms with E-state index in [4.69, 9.17) is 4.74 Å². The first-order valence-corrected chi connectivity index (χ1v) is 9.58. The molecule has 0 bridgehead atoms. The van der Waals surface area contributed by atoms with Gasteiger partial charge in [0.1, 0.15) is 0 Å². The summed E-state index contributed by atoms with van der Waals surface area (Å²) in [4.78, 5) is 0. The van der Waals surface area contributed by atoms with Crippen molar-refractivity contribution in [1.82, 2.24) is 0 Å². The lowest BCUT2D eigenvalue weighted by molar-refractivity contribution is -0.264. The summed E-state index contributed by atoms with van der Waals surface area (Å²) in [6.45, 7) is 31.1. The van der Waals surface area contributed by atoms with Crippen LogP contribution in [0.2, 0.25) is 0 Å². The SMILES string of the molecule is CC(C)C1OC(C)(C)C(C(C)(C)C)C(C(C)(C)C)C1C(C)(C)C. The van der Waals surface area contributed by atoms with Crippen LogP contribution in [0, 0.1) is 39.9 Å².